The molecule has 9 nitrogen and oxygen atoms in total. The number of aromatic nitrogens is 2. The number of amides is 1. The zero-order valence-corrected chi connectivity index (χ0v) is 18.0. The van der Waals surface area contributed by atoms with Crippen molar-refractivity contribution in [3.63, 3.8) is 0 Å². The highest BCUT2D eigenvalue weighted by Gasteiger charge is 2.21. The normalized spacial score (nSPS) is 11.6. The predicted molar refractivity (Wildman–Crippen MR) is 117 cm³/mol. The Bertz CT molecular complexity index is 1150. The van der Waals surface area contributed by atoms with Crippen LogP contribution in [-0.2, 0) is 9.53 Å². The zero-order valence-electron chi connectivity index (χ0n) is 16.4. The molecule has 0 unspecified atom stereocenters. The van der Waals surface area contributed by atoms with Crippen LogP contribution in [0.3, 0.4) is 0 Å². The molecular formula is C20H17ClN4O5S. The lowest BCUT2D eigenvalue weighted by atomic mass is 10.2. The molecule has 0 radical (unpaired) electrons. The van der Waals surface area contributed by atoms with Gasteiger partial charge in [0.15, 0.2) is 11.3 Å². The van der Waals surface area contributed by atoms with Gasteiger partial charge in [-0.15, -0.1) is 0 Å². The Morgan fingerprint density at radius 3 is 2.74 bits per heavy atom. The van der Waals surface area contributed by atoms with E-state index >= 15 is 0 Å². The molecule has 1 heterocycles. The van der Waals surface area contributed by atoms with Gasteiger partial charge in [0.05, 0.1) is 21.2 Å². The molecule has 160 valence electrons. The maximum absolute atomic E-state index is 12.5. The van der Waals surface area contributed by atoms with Crippen molar-refractivity contribution in [2.75, 3.05) is 11.6 Å². The van der Waals surface area contributed by atoms with Crippen LogP contribution < -0.4 is 5.32 Å². The van der Waals surface area contributed by atoms with Crippen LogP contribution >= 0.6 is 23.4 Å². The van der Waals surface area contributed by atoms with Gasteiger partial charge in [-0.2, -0.15) is 0 Å². The van der Waals surface area contributed by atoms with Gasteiger partial charge in [0.1, 0.15) is 0 Å². The Morgan fingerprint density at radius 1 is 1.29 bits per heavy atom. The summed E-state index contributed by atoms with van der Waals surface area (Å²) in [6, 6.07) is 10.4. The fraction of sp³-hybridized carbons (Fsp3) is 0.150. The Hall–Kier alpha value is -3.37. The number of non-ortho nitro benzene ring substituents is 1. The van der Waals surface area contributed by atoms with Gasteiger partial charge < -0.3 is 10.1 Å². The van der Waals surface area contributed by atoms with Gasteiger partial charge in [0.2, 0.25) is 0 Å². The molecule has 1 aromatic heterocycles. The number of nitrogens with one attached hydrogen (secondary N) is 1. The van der Waals surface area contributed by atoms with E-state index in [9.17, 15) is 19.7 Å². The summed E-state index contributed by atoms with van der Waals surface area (Å²) in [7, 11) is 0. The van der Waals surface area contributed by atoms with Crippen molar-refractivity contribution in [2.45, 2.75) is 18.2 Å². The second-order valence-electron chi connectivity index (χ2n) is 6.29. The summed E-state index contributed by atoms with van der Waals surface area (Å²) >= 11 is 7.44. The molecule has 3 aromatic rings. The number of anilines is 1. The minimum absolute atomic E-state index is 0.00120. The van der Waals surface area contributed by atoms with Gasteiger partial charge in [-0.25, -0.2) is 9.78 Å². The number of thioether (sulfide) groups is 1. The molecule has 0 aliphatic rings. The third-order valence-electron chi connectivity index (χ3n) is 4.22. The fourth-order valence-electron chi connectivity index (χ4n) is 2.66. The van der Waals surface area contributed by atoms with Crippen molar-refractivity contribution in [1.82, 2.24) is 9.55 Å². The molecule has 0 fully saturated rings. The van der Waals surface area contributed by atoms with Crippen LogP contribution in [0.1, 0.15) is 17.3 Å². The number of rotatable bonds is 7. The number of hydrogen-bond acceptors (Lipinski definition) is 7. The molecule has 0 aliphatic carbocycles. The first-order valence-electron chi connectivity index (χ1n) is 8.93. The van der Waals surface area contributed by atoms with Crippen molar-refractivity contribution in [3.8, 4) is 5.69 Å². The van der Waals surface area contributed by atoms with Crippen molar-refractivity contribution < 1.29 is 19.2 Å². The SMILES string of the molecule is CSc1nccn1-c1cccc(C(=O)O[C@@H](C)C(=O)Nc2ccc([N+](=O)[O-])cc2Cl)c1. The minimum atomic E-state index is -1.13. The monoisotopic (exact) mass is 460 g/mol. The molecule has 0 saturated heterocycles. The molecule has 3 rings (SSSR count). The van der Waals surface area contributed by atoms with E-state index in [1.54, 1.807) is 30.6 Å². The average molecular weight is 461 g/mol. The summed E-state index contributed by atoms with van der Waals surface area (Å²) in [4.78, 5) is 39.3. The number of imidazole rings is 1. The highest BCUT2D eigenvalue weighted by Crippen LogP contribution is 2.27. The summed E-state index contributed by atoms with van der Waals surface area (Å²) in [5.74, 6) is -1.30. The number of esters is 1. The topological polar surface area (TPSA) is 116 Å². The van der Waals surface area contributed by atoms with Crippen LogP contribution in [0.15, 0.2) is 60.0 Å². The van der Waals surface area contributed by atoms with Crippen LogP contribution in [0.2, 0.25) is 5.02 Å². The first kappa shape index (κ1) is 22.3. The lowest BCUT2D eigenvalue weighted by Crippen LogP contribution is -2.30. The van der Waals surface area contributed by atoms with Gasteiger partial charge in [-0.05, 0) is 37.4 Å². The summed E-state index contributed by atoms with van der Waals surface area (Å²) < 4.78 is 7.10. The molecular weight excluding hydrogens is 444 g/mol. The third-order valence-corrected chi connectivity index (χ3v) is 5.20. The quantitative estimate of drug-likeness (QED) is 0.241. The van der Waals surface area contributed by atoms with Crippen LogP contribution in [0.5, 0.6) is 0 Å². The largest absolute Gasteiger partial charge is 0.449 e. The summed E-state index contributed by atoms with van der Waals surface area (Å²) in [5, 5.41) is 14.0. The van der Waals surface area contributed by atoms with Gasteiger partial charge in [-0.1, -0.05) is 29.4 Å². The number of ether oxygens (including phenoxy) is 1. The van der Waals surface area contributed by atoms with Crippen molar-refractivity contribution >= 4 is 46.6 Å². The van der Waals surface area contributed by atoms with Crippen LogP contribution in [0, 0.1) is 10.1 Å². The number of nitrogens with zero attached hydrogens (tertiary/aromatic N) is 3. The maximum Gasteiger partial charge on any atom is 0.338 e. The number of nitro benzene ring substituents is 1. The summed E-state index contributed by atoms with van der Waals surface area (Å²) in [6.07, 6.45) is 4.21. The molecule has 0 spiro atoms. The first-order chi connectivity index (χ1) is 14.8. The van der Waals surface area contributed by atoms with Crippen molar-refractivity contribution in [2.24, 2.45) is 0 Å². The predicted octanol–water partition coefficient (Wildman–Crippen LogP) is 4.34. The number of nitro groups is 1. The van der Waals surface area contributed by atoms with E-state index in [4.69, 9.17) is 16.3 Å². The van der Waals surface area contributed by atoms with E-state index in [0.29, 0.717) is 0 Å². The average Bonchev–Trinajstić information content (AvgIpc) is 3.24. The highest BCUT2D eigenvalue weighted by molar-refractivity contribution is 7.98. The number of carbonyl (C=O) groups is 2. The second kappa shape index (κ2) is 9.63. The summed E-state index contributed by atoms with van der Waals surface area (Å²) in [6.45, 7) is 1.41. The lowest BCUT2D eigenvalue weighted by Gasteiger charge is -2.15. The van der Waals surface area contributed by atoms with Gasteiger partial charge in [0, 0.05) is 30.2 Å². The van der Waals surface area contributed by atoms with E-state index in [1.165, 1.54) is 30.8 Å². The Morgan fingerprint density at radius 2 is 2.06 bits per heavy atom. The molecule has 1 amide bonds. The smallest absolute Gasteiger partial charge is 0.338 e. The van der Waals surface area contributed by atoms with E-state index in [-0.39, 0.29) is 22.0 Å². The molecule has 0 saturated carbocycles. The number of carbonyl (C=O) groups excluding carboxylic acids is 2. The van der Waals surface area contributed by atoms with E-state index in [2.05, 4.69) is 10.3 Å². The second-order valence-corrected chi connectivity index (χ2v) is 7.47. The number of benzene rings is 2. The van der Waals surface area contributed by atoms with Crippen LogP contribution in [-0.4, -0.2) is 38.7 Å². The third kappa shape index (κ3) is 5.22. The molecule has 1 atom stereocenters. The molecule has 11 heteroatoms. The van der Waals surface area contributed by atoms with Gasteiger partial charge in [0.25, 0.3) is 11.6 Å². The number of hydrogen-bond donors (Lipinski definition) is 1. The van der Waals surface area contributed by atoms with E-state index in [0.717, 1.165) is 16.9 Å². The standard InChI is InChI=1S/C20H17ClN4O5S/c1-12(18(26)23-17-7-6-15(25(28)29)11-16(17)21)30-19(27)13-4-3-5-14(10-13)24-9-8-22-20(24)31-2/h3-12H,1-2H3,(H,23,26)/t12-/m0/s1. The Labute approximate surface area is 186 Å². The highest BCUT2D eigenvalue weighted by atomic mass is 35.5. The lowest BCUT2D eigenvalue weighted by molar-refractivity contribution is -0.384. The van der Waals surface area contributed by atoms with E-state index in [1.807, 2.05) is 16.9 Å². The van der Waals surface area contributed by atoms with Crippen molar-refractivity contribution in [3.05, 3.63) is 75.6 Å². The van der Waals surface area contributed by atoms with Crippen molar-refractivity contribution in [1.29, 1.82) is 0 Å². The molecule has 1 N–H and O–H groups in total. The number of halogens is 1. The van der Waals surface area contributed by atoms with Gasteiger partial charge >= 0.3 is 5.97 Å². The van der Waals surface area contributed by atoms with Crippen LogP contribution in [0.25, 0.3) is 5.69 Å². The zero-order chi connectivity index (χ0) is 22.5. The van der Waals surface area contributed by atoms with E-state index < -0.39 is 22.9 Å². The molecule has 0 aliphatic heterocycles. The Balaban J connectivity index is 1.68. The minimum Gasteiger partial charge on any atom is -0.449 e. The fourth-order valence-corrected chi connectivity index (χ4v) is 3.41. The first-order valence-corrected chi connectivity index (χ1v) is 10.5. The molecule has 0 bridgehead atoms. The summed E-state index contributed by atoms with van der Waals surface area (Å²) in [5.41, 5.74) is 0.967. The van der Waals surface area contributed by atoms with Crippen LogP contribution in [0.4, 0.5) is 11.4 Å². The molecule has 31 heavy (non-hydrogen) atoms. The molecule has 2 aromatic carbocycles. The van der Waals surface area contributed by atoms with Gasteiger partial charge in [-0.3, -0.25) is 19.5 Å². The maximum atomic E-state index is 12.5. The Kier molecular flexibility index (Phi) is 6.93.